The molecule has 3 aromatic heterocycles. The number of rotatable bonds is 7. The Labute approximate surface area is 232 Å². The second-order valence-corrected chi connectivity index (χ2v) is 9.29. The number of amides is 1. The van der Waals surface area contributed by atoms with Crippen LogP contribution in [0.3, 0.4) is 0 Å². The highest BCUT2D eigenvalue weighted by atomic mass is 35.5. The average Bonchev–Trinajstić information content (AvgIpc) is 3.61. The van der Waals surface area contributed by atoms with E-state index in [1.54, 1.807) is 59.3 Å². The number of H-pyrrole nitrogens is 1. The van der Waals surface area contributed by atoms with Gasteiger partial charge in [-0.15, -0.1) is 5.10 Å². The molecular weight excluding hydrogens is 543 g/mol. The number of aromatic nitrogens is 7. The second kappa shape index (κ2) is 11.1. The number of methoxy groups -OCH3 is 1. The van der Waals surface area contributed by atoms with Gasteiger partial charge in [0.2, 0.25) is 0 Å². The lowest BCUT2D eigenvalue weighted by Gasteiger charge is -2.17. The zero-order chi connectivity index (χ0) is 27.5. The van der Waals surface area contributed by atoms with E-state index in [9.17, 15) is 9.59 Å². The Morgan fingerprint density at radius 2 is 1.90 bits per heavy atom. The number of hydrogen-bond acceptors (Lipinski definition) is 7. The van der Waals surface area contributed by atoms with Crippen LogP contribution in [-0.2, 0) is 4.74 Å². The maximum absolute atomic E-state index is 13.3. The summed E-state index contributed by atoms with van der Waals surface area (Å²) < 4.78 is 7.73. The van der Waals surface area contributed by atoms with Crippen molar-refractivity contribution in [3.63, 3.8) is 0 Å². The largest absolute Gasteiger partial charge is 0.453 e. The van der Waals surface area contributed by atoms with Crippen molar-refractivity contribution < 1.29 is 9.53 Å². The highest BCUT2D eigenvalue weighted by Gasteiger charge is 2.21. The third kappa shape index (κ3) is 5.40. The SMILES string of the molecule is CCC(c1nc(-c2ccc(NC(=O)OC)cc2)c(Cl)[nH]1)n1ccc(-c2cc(Cl)ccc2-n2cnnn2)cc1=O. The maximum Gasteiger partial charge on any atom is 0.411 e. The van der Waals surface area contributed by atoms with Crippen molar-refractivity contribution in [1.82, 2.24) is 34.7 Å². The molecule has 3 heterocycles. The molecule has 1 unspecified atom stereocenters. The first-order chi connectivity index (χ1) is 18.9. The Morgan fingerprint density at radius 1 is 1.10 bits per heavy atom. The summed E-state index contributed by atoms with van der Waals surface area (Å²) in [4.78, 5) is 32.6. The standard InChI is InChI=1S/C26H22Cl2N8O3/c1-3-20(25-31-23(24(28)32-25)15-4-7-18(8-5-15)30-26(38)39-2)35-11-10-16(12-22(35)37)19-13-17(27)6-9-21(19)36-14-29-33-34-36/h4-14,20H,3H2,1-2H3,(H,30,38)(H,31,32). The number of tetrazole rings is 1. The van der Waals surface area contributed by atoms with Gasteiger partial charge in [-0.05, 0) is 58.8 Å². The molecule has 0 saturated carbocycles. The third-order valence-corrected chi connectivity index (χ3v) is 6.63. The summed E-state index contributed by atoms with van der Waals surface area (Å²) in [5, 5.41) is 14.8. The molecule has 11 nitrogen and oxygen atoms in total. The van der Waals surface area contributed by atoms with Gasteiger partial charge < -0.3 is 14.3 Å². The Balaban J connectivity index is 1.46. The predicted molar refractivity (Wildman–Crippen MR) is 147 cm³/mol. The van der Waals surface area contributed by atoms with Gasteiger partial charge in [0.05, 0.1) is 18.8 Å². The van der Waals surface area contributed by atoms with Gasteiger partial charge in [0.25, 0.3) is 5.56 Å². The smallest absolute Gasteiger partial charge is 0.411 e. The summed E-state index contributed by atoms with van der Waals surface area (Å²) in [5.74, 6) is 0.543. The van der Waals surface area contributed by atoms with Gasteiger partial charge in [-0.1, -0.05) is 42.3 Å². The summed E-state index contributed by atoms with van der Waals surface area (Å²) >= 11 is 12.8. The lowest BCUT2D eigenvalue weighted by molar-refractivity contribution is 0.187. The number of aromatic amines is 1. The van der Waals surface area contributed by atoms with Crippen molar-refractivity contribution in [2.75, 3.05) is 12.4 Å². The van der Waals surface area contributed by atoms with Crippen molar-refractivity contribution in [2.45, 2.75) is 19.4 Å². The number of nitrogens with one attached hydrogen (secondary N) is 2. The van der Waals surface area contributed by atoms with Crippen LogP contribution in [-0.4, -0.2) is 47.9 Å². The molecular formula is C26H22Cl2N8O3. The second-order valence-electron chi connectivity index (χ2n) is 8.48. The predicted octanol–water partition coefficient (Wildman–Crippen LogP) is 5.37. The van der Waals surface area contributed by atoms with Crippen molar-refractivity contribution in [1.29, 1.82) is 0 Å². The summed E-state index contributed by atoms with van der Waals surface area (Å²) in [7, 11) is 1.29. The molecule has 5 rings (SSSR count). The lowest BCUT2D eigenvalue weighted by Crippen LogP contribution is -2.25. The van der Waals surface area contributed by atoms with Crippen LogP contribution >= 0.6 is 23.2 Å². The van der Waals surface area contributed by atoms with Gasteiger partial charge >= 0.3 is 6.09 Å². The minimum absolute atomic E-state index is 0.227. The minimum atomic E-state index is -0.563. The van der Waals surface area contributed by atoms with E-state index in [-0.39, 0.29) is 5.56 Å². The molecule has 198 valence electrons. The number of halogens is 2. The maximum atomic E-state index is 13.3. The molecule has 1 atom stereocenters. The molecule has 0 radical (unpaired) electrons. The topological polar surface area (TPSA) is 133 Å². The number of hydrogen-bond donors (Lipinski definition) is 2. The van der Waals surface area contributed by atoms with Gasteiger partial charge in [0.15, 0.2) is 0 Å². The number of pyridine rings is 1. The van der Waals surface area contributed by atoms with Crippen LogP contribution in [0.5, 0.6) is 0 Å². The minimum Gasteiger partial charge on any atom is -0.453 e. The number of anilines is 1. The molecule has 2 aromatic carbocycles. The summed E-state index contributed by atoms with van der Waals surface area (Å²) in [5.41, 5.74) is 3.67. The number of benzene rings is 2. The Bertz CT molecular complexity index is 1680. The van der Waals surface area contributed by atoms with E-state index in [0.29, 0.717) is 50.6 Å². The summed E-state index contributed by atoms with van der Waals surface area (Å²) in [6, 6.07) is 15.3. The number of carbonyl (C=O) groups is 1. The highest BCUT2D eigenvalue weighted by molar-refractivity contribution is 6.32. The molecule has 0 bridgehead atoms. The quantitative estimate of drug-likeness (QED) is 0.271. The molecule has 0 fully saturated rings. The van der Waals surface area contributed by atoms with Crippen LogP contribution in [0, 0.1) is 0 Å². The van der Waals surface area contributed by atoms with Gasteiger partial charge in [-0.25, -0.2) is 9.78 Å². The van der Waals surface area contributed by atoms with E-state index < -0.39 is 12.1 Å². The third-order valence-electron chi connectivity index (χ3n) is 6.12. The molecule has 0 saturated heterocycles. The fraction of sp³-hybridized carbons (Fsp3) is 0.154. The monoisotopic (exact) mass is 564 g/mol. The molecule has 39 heavy (non-hydrogen) atoms. The van der Waals surface area contributed by atoms with Crippen molar-refractivity contribution in [2.24, 2.45) is 0 Å². The normalized spacial score (nSPS) is 11.8. The van der Waals surface area contributed by atoms with Crippen LogP contribution in [0.2, 0.25) is 10.2 Å². The van der Waals surface area contributed by atoms with Gasteiger partial charge in [-0.3, -0.25) is 10.1 Å². The zero-order valence-corrected chi connectivity index (χ0v) is 22.3. The Morgan fingerprint density at radius 3 is 2.56 bits per heavy atom. The van der Waals surface area contributed by atoms with E-state index in [0.717, 1.165) is 5.56 Å². The van der Waals surface area contributed by atoms with Crippen LogP contribution in [0.1, 0.15) is 25.2 Å². The highest BCUT2D eigenvalue weighted by Crippen LogP contribution is 2.32. The van der Waals surface area contributed by atoms with Crippen molar-refractivity contribution >= 4 is 35.0 Å². The molecule has 2 N–H and O–H groups in total. The zero-order valence-electron chi connectivity index (χ0n) is 20.8. The first-order valence-corrected chi connectivity index (χ1v) is 12.6. The molecule has 13 heteroatoms. The van der Waals surface area contributed by atoms with Crippen LogP contribution in [0.25, 0.3) is 28.1 Å². The fourth-order valence-electron chi connectivity index (χ4n) is 4.25. The van der Waals surface area contributed by atoms with Gasteiger partial charge in [-0.2, -0.15) is 4.68 Å². The fourth-order valence-corrected chi connectivity index (χ4v) is 4.67. The molecule has 0 spiro atoms. The molecule has 5 aromatic rings. The average molecular weight is 565 g/mol. The summed E-state index contributed by atoms with van der Waals surface area (Å²) in [6.07, 6.45) is 3.21. The van der Waals surface area contributed by atoms with E-state index in [4.69, 9.17) is 28.2 Å². The first-order valence-electron chi connectivity index (χ1n) is 11.8. The van der Waals surface area contributed by atoms with E-state index in [1.165, 1.54) is 18.1 Å². The van der Waals surface area contributed by atoms with Crippen molar-refractivity contribution in [3.05, 3.63) is 93.5 Å². The molecule has 0 aliphatic carbocycles. The van der Waals surface area contributed by atoms with Crippen LogP contribution in [0.15, 0.2) is 71.9 Å². The van der Waals surface area contributed by atoms with Gasteiger partial charge in [0, 0.05) is 34.1 Å². The van der Waals surface area contributed by atoms with Crippen molar-refractivity contribution in [3.8, 4) is 28.1 Å². The molecule has 1 amide bonds. The van der Waals surface area contributed by atoms with E-state index in [1.807, 2.05) is 13.0 Å². The number of carbonyl (C=O) groups excluding carboxylic acids is 1. The lowest BCUT2D eigenvalue weighted by atomic mass is 10.0. The number of imidazole rings is 1. The Hall–Kier alpha value is -4.48. The van der Waals surface area contributed by atoms with E-state index >= 15 is 0 Å². The van der Waals surface area contributed by atoms with Crippen LogP contribution < -0.4 is 10.9 Å². The van der Waals surface area contributed by atoms with Gasteiger partial charge in [0.1, 0.15) is 23.0 Å². The molecule has 0 aliphatic rings. The van der Waals surface area contributed by atoms with E-state index in [2.05, 4.69) is 30.6 Å². The first kappa shape index (κ1) is 26.1. The summed E-state index contributed by atoms with van der Waals surface area (Å²) in [6.45, 7) is 1.96. The number of ether oxygens (including phenoxy) is 1. The molecule has 0 aliphatic heterocycles. The van der Waals surface area contributed by atoms with Crippen LogP contribution in [0.4, 0.5) is 10.5 Å². The number of nitrogens with zero attached hydrogens (tertiary/aromatic N) is 6. The Kier molecular flexibility index (Phi) is 7.44.